The molecule has 0 saturated carbocycles. The Hall–Kier alpha value is -0.900. The molecular weight excluding hydrogens is 154 g/mol. The topological polar surface area (TPSA) is 42.2 Å². The molecule has 1 aromatic rings. The summed E-state index contributed by atoms with van der Waals surface area (Å²) in [7, 11) is 0. The van der Waals surface area contributed by atoms with Crippen molar-refractivity contribution in [2.45, 2.75) is 25.8 Å². The fraction of sp³-hybridized carbons (Fsp3) is 0.750. The molecular formula is C8H13N3O. The van der Waals surface area contributed by atoms with Gasteiger partial charge in [-0.25, -0.2) is 0 Å². The van der Waals surface area contributed by atoms with Gasteiger partial charge in [0, 0.05) is 0 Å². The van der Waals surface area contributed by atoms with Crippen molar-refractivity contribution in [1.29, 1.82) is 0 Å². The monoisotopic (exact) mass is 167 g/mol. The van der Waals surface area contributed by atoms with Crippen LogP contribution >= 0.6 is 0 Å². The van der Waals surface area contributed by atoms with E-state index in [-0.39, 0.29) is 6.04 Å². The van der Waals surface area contributed by atoms with Crippen molar-refractivity contribution in [1.82, 2.24) is 15.1 Å². The summed E-state index contributed by atoms with van der Waals surface area (Å²) in [5.74, 6) is 0.733. The van der Waals surface area contributed by atoms with Crippen molar-refractivity contribution in [2.24, 2.45) is 0 Å². The molecule has 1 atom stereocenters. The number of aromatic nitrogens is 2. The van der Waals surface area contributed by atoms with Gasteiger partial charge < -0.3 is 4.42 Å². The van der Waals surface area contributed by atoms with Crippen molar-refractivity contribution in [3.05, 3.63) is 12.3 Å². The Labute approximate surface area is 71.6 Å². The van der Waals surface area contributed by atoms with Crippen LogP contribution in [0, 0.1) is 0 Å². The molecule has 2 heterocycles. The quantitative estimate of drug-likeness (QED) is 0.664. The molecule has 0 aliphatic carbocycles. The Morgan fingerprint density at radius 1 is 1.50 bits per heavy atom. The van der Waals surface area contributed by atoms with Gasteiger partial charge in [0.25, 0.3) is 0 Å². The average Bonchev–Trinajstić information content (AvgIpc) is 2.77. The van der Waals surface area contributed by atoms with Crippen molar-refractivity contribution in [3.8, 4) is 0 Å². The summed E-state index contributed by atoms with van der Waals surface area (Å²) in [5, 5.41) is 7.57. The van der Waals surface area contributed by atoms with Crippen LogP contribution in [0.2, 0.25) is 0 Å². The summed E-state index contributed by atoms with van der Waals surface area (Å²) >= 11 is 0. The molecule has 4 nitrogen and oxygen atoms in total. The van der Waals surface area contributed by atoms with Crippen molar-refractivity contribution in [3.63, 3.8) is 0 Å². The van der Waals surface area contributed by atoms with Crippen LogP contribution in [0.25, 0.3) is 0 Å². The first-order valence-electron chi connectivity index (χ1n) is 4.38. The van der Waals surface area contributed by atoms with E-state index in [1.807, 2.05) is 0 Å². The van der Waals surface area contributed by atoms with Gasteiger partial charge in [-0.15, -0.1) is 10.2 Å². The van der Waals surface area contributed by atoms with Crippen LogP contribution in [0.4, 0.5) is 0 Å². The van der Waals surface area contributed by atoms with Gasteiger partial charge in [-0.3, -0.25) is 4.90 Å². The van der Waals surface area contributed by atoms with Gasteiger partial charge in [0.05, 0.1) is 6.04 Å². The van der Waals surface area contributed by atoms with Gasteiger partial charge in [0.15, 0.2) is 0 Å². The molecule has 0 N–H and O–H groups in total. The smallest absolute Gasteiger partial charge is 0.233 e. The number of hydrogen-bond acceptors (Lipinski definition) is 4. The maximum absolute atomic E-state index is 5.14. The van der Waals surface area contributed by atoms with Gasteiger partial charge in [-0.1, -0.05) is 0 Å². The van der Waals surface area contributed by atoms with Crippen molar-refractivity contribution in [2.75, 3.05) is 13.1 Å². The highest BCUT2D eigenvalue weighted by Crippen LogP contribution is 2.22. The molecule has 1 unspecified atom stereocenters. The SMILES string of the molecule is CC(c1nnco1)N1CCCC1. The van der Waals surface area contributed by atoms with E-state index in [4.69, 9.17) is 4.42 Å². The summed E-state index contributed by atoms with van der Waals surface area (Å²) in [6, 6.07) is 0.287. The zero-order valence-electron chi connectivity index (χ0n) is 7.23. The molecule has 1 saturated heterocycles. The predicted molar refractivity (Wildman–Crippen MR) is 43.5 cm³/mol. The zero-order valence-corrected chi connectivity index (χ0v) is 7.23. The molecule has 0 amide bonds. The standard InChI is InChI=1S/C8H13N3O/c1-7(8-10-9-6-12-8)11-4-2-3-5-11/h6-7H,2-5H2,1H3. The maximum atomic E-state index is 5.14. The van der Waals surface area contributed by atoms with Gasteiger partial charge in [-0.2, -0.15) is 0 Å². The van der Waals surface area contributed by atoms with Crippen LogP contribution in [0.1, 0.15) is 31.7 Å². The van der Waals surface area contributed by atoms with Gasteiger partial charge in [0.1, 0.15) is 0 Å². The summed E-state index contributed by atoms with van der Waals surface area (Å²) in [4.78, 5) is 2.37. The Kier molecular flexibility index (Phi) is 2.08. The summed E-state index contributed by atoms with van der Waals surface area (Å²) in [6.45, 7) is 4.42. The molecule has 1 aliphatic rings. The van der Waals surface area contributed by atoms with E-state index in [2.05, 4.69) is 22.0 Å². The molecule has 0 aromatic carbocycles. The number of likely N-dealkylation sites (tertiary alicyclic amines) is 1. The third kappa shape index (κ3) is 1.34. The van der Waals surface area contributed by atoms with Crippen LogP contribution < -0.4 is 0 Å². The Balaban J connectivity index is 2.04. The molecule has 0 bridgehead atoms. The maximum Gasteiger partial charge on any atom is 0.233 e. The third-order valence-electron chi connectivity index (χ3n) is 2.42. The minimum absolute atomic E-state index is 0.287. The van der Waals surface area contributed by atoms with Crippen molar-refractivity contribution < 1.29 is 4.42 Å². The molecule has 12 heavy (non-hydrogen) atoms. The van der Waals surface area contributed by atoms with E-state index in [0.29, 0.717) is 0 Å². The van der Waals surface area contributed by atoms with E-state index >= 15 is 0 Å². The number of rotatable bonds is 2. The van der Waals surface area contributed by atoms with E-state index in [0.717, 1.165) is 19.0 Å². The Bertz CT molecular complexity index is 228. The van der Waals surface area contributed by atoms with Gasteiger partial charge >= 0.3 is 0 Å². The van der Waals surface area contributed by atoms with Crippen LogP contribution in [-0.2, 0) is 0 Å². The first-order chi connectivity index (χ1) is 5.88. The van der Waals surface area contributed by atoms with Crippen molar-refractivity contribution >= 4 is 0 Å². The predicted octanol–water partition coefficient (Wildman–Crippen LogP) is 1.23. The first-order valence-corrected chi connectivity index (χ1v) is 4.38. The largest absolute Gasteiger partial charge is 0.426 e. The Morgan fingerprint density at radius 3 is 2.83 bits per heavy atom. The van der Waals surface area contributed by atoms with Crippen LogP contribution in [0.15, 0.2) is 10.8 Å². The average molecular weight is 167 g/mol. The fourth-order valence-electron chi connectivity index (χ4n) is 1.65. The second kappa shape index (κ2) is 3.23. The highest BCUT2D eigenvalue weighted by atomic mass is 16.4. The molecule has 2 rings (SSSR count). The van der Waals surface area contributed by atoms with Crippen LogP contribution in [0.3, 0.4) is 0 Å². The molecule has 0 radical (unpaired) electrons. The first kappa shape index (κ1) is 7.73. The van der Waals surface area contributed by atoms with Crippen LogP contribution in [-0.4, -0.2) is 28.2 Å². The molecule has 1 aromatic heterocycles. The highest BCUT2D eigenvalue weighted by molar-refractivity contribution is 4.86. The van der Waals surface area contributed by atoms with E-state index in [1.165, 1.54) is 19.2 Å². The molecule has 0 spiro atoms. The molecule has 4 heteroatoms. The number of nitrogens with zero attached hydrogens (tertiary/aromatic N) is 3. The summed E-state index contributed by atoms with van der Waals surface area (Å²) < 4.78 is 5.14. The van der Waals surface area contributed by atoms with Crippen LogP contribution in [0.5, 0.6) is 0 Å². The van der Waals surface area contributed by atoms with Gasteiger partial charge in [0.2, 0.25) is 12.3 Å². The molecule has 1 aliphatic heterocycles. The fourth-order valence-corrected chi connectivity index (χ4v) is 1.65. The molecule has 1 fully saturated rings. The lowest BCUT2D eigenvalue weighted by Crippen LogP contribution is -2.23. The lowest BCUT2D eigenvalue weighted by molar-refractivity contribution is 0.225. The third-order valence-corrected chi connectivity index (χ3v) is 2.42. The highest BCUT2D eigenvalue weighted by Gasteiger charge is 2.22. The minimum Gasteiger partial charge on any atom is -0.426 e. The lowest BCUT2D eigenvalue weighted by atomic mass is 10.3. The lowest BCUT2D eigenvalue weighted by Gasteiger charge is -2.19. The summed E-state index contributed by atoms with van der Waals surface area (Å²) in [5.41, 5.74) is 0. The zero-order chi connectivity index (χ0) is 8.39. The summed E-state index contributed by atoms with van der Waals surface area (Å²) in [6.07, 6.45) is 3.97. The second-order valence-corrected chi connectivity index (χ2v) is 3.20. The normalized spacial score (nSPS) is 21.4. The number of hydrogen-bond donors (Lipinski definition) is 0. The second-order valence-electron chi connectivity index (χ2n) is 3.20. The minimum atomic E-state index is 0.287. The van der Waals surface area contributed by atoms with Gasteiger partial charge in [-0.05, 0) is 32.9 Å². The van der Waals surface area contributed by atoms with E-state index in [1.54, 1.807) is 0 Å². The van der Waals surface area contributed by atoms with E-state index in [9.17, 15) is 0 Å². The molecule has 66 valence electrons. The van der Waals surface area contributed by atoms with E-state index < -0.39 is 0 Å². The Morgan fingerprint density at radius 2 is 2.25 bits per heavy atom.